The normalized spacial score (nSPS) is 16.5. The molecule has 0 aromatic heterocycles. The molecule has 2 aromatic rings. The molecule has 1 aliphatic rings. The molecule has 0 bridgehead atoms. The van der Waals surface area contributed by atoms with Crippen molar-refractivity contribution in [2.45, 2.75) is 26.3 Å². The van der Waals surface area contributed by atoms with Gasteiger partial charge in [0.15, 0.2) is 0 Å². The fourth-order valence-corrected chi connectivity index (χ4v) is 3.35. The minimum Gasteiger partial charge on any atom is -0.478 e. The summed E-state index contributed by atoms with van der Waals surface area (Å²) in [5.74, 6) is -1.33. The number of piperidine rings is 1. The molecule has 146 valence electrons. The first-order valence-electron chi connectivity index (χ1n) is 9.40. The number of carboxylic acid groups (broad SMARTS) is 1. The lowest BCUT2D eigenvalue weighted by Crippen LogP contribution is -2.45. The zero-order chi connectivity index (χ0) is 20.1. The van der Waals surface area contributed by atoms with Gasteiger partial charge < -0.3 is 15.3 Å². The quantitative estimate of drug-likeness (QED) is 0.835. The molecule has 2 aromatic carbocycles. The van der Waals surface area contributed by atoms with E-state index in [0.29, 0.717) is 25.2 Å². The van der Waals surface area contributed by atoms with Crippen LogP contribution >= 0.6 is 0 Å². The lowest BCUT2D eigenvalue weighted by molar-refractivity contribution is -0.126. The molecule has 28 heavy (non-hydrogen) atoms. The van der Waals surface area contributed by atoms with Crippen molar-refractivity contribution in [1.82, 2.24) is 10.2 Å². The Morgan fingerprint density at radius 3 is 2.32 bits per heavy atom. The molecular formula is C22H24N2O4. The van der Waals surface area contributed by atoms with Crippen LogP contribution in [0, 0.1) is 12.8 Å². The molecule has 0 radical (unpaired) electrons. The van der Waals surface area contributed by atoms with Gasteiger partial charge in [0.25, 0.3) is 5.91 Å². The summed E-state index contributed by atoms with van der Waals surface area (Å²) >= 11 is 0. The number of benzene rings is 2. The topological polar surface area (TPSA) is 86.7 Å². The highest BCUT2D eigenvalue weighted by Gasteiger charge is 2.28. The third-order valence-corrected chi connectivity index (χ3v) is 5.05. The van der Waals surface area contributed by atoms with Crippen molar-refractivity contribution in [2.75, 3.05) is 13.1 Å². The van der Waals surface area contributed by atoms with Gasteiger partial charge in [0.1, 0.15) is 0 Å². The zero-order valence-corrected chi connectivity index (χ0v) is 15.9. The van der Waals surface area contributed by atoms with Crippen molar-refractivity contribution in [3.8, 4) is 0 Å². The molecule has 0 spiro atoms. The summed E-state index contributed by atoms with van der Waals surface area (Å²) in [6.07, 6.45) is 1.55. The van der Waals surface area contributed by atoms with Crippen LogP contribution in [0.25, 0.3) is 0 Å². The molecule has 1 unspecified atom stereocenters. The predicted molar refractivity (Wildman–Crippen MR) is 105 cm³/mol. The molecule has 2 N–H and O–H groups in total. The fourth-order valence-electron chi connectivity index (χ4n) is 3.35. The van der Waals surface area contributed by atoms with Crippen molar-refractivity contribution >= 4 is 17.8 Å². The first kappa shape index (κ1) is 19.6. The van der Waals surface area contributed by atoms with Crippen LogP contribution in [-0.4, -0.2) is 40.9 Å². The number of amides is 2. The van der Waals surface area contributed by atoms with Gasteiger partial charge in [-0.3, -0.25) is 9.59 Å². The van der Waals surface area contributed by atoms with Crippen LogP contribution in [0.5, 0.6) is 0 Å². The molecule has 1 heterocycles. The van der Waals surface area contributed by atoms with Gasteiger partial charge in [0, 0.05) is 25.2 Å². The fraction of sp³-hybridized carbons (Fsp3) is 0.318. The lowest BCUT2D eigenvalue weighted by Gasteiger charge is -2.32. The molecule has 3 rings (SSSR count). The van der Waals surface area contributed by atoms with Crippen LogP contribution in [0.15, 0.2) is 48.5 Å². The number of nitrogens with one attached hydrogen (secondary N) is 1. The van der Waals surface area contributed by atoms with Crippen LogP contribution in [-0.2, 0) is 11.3 Å². The van der Waals surface area contributed by atoms with Gasteiger partial charge in [-0.2, -0.15) is 0 Å². The number of likely N-dealkylation sites (tertiary alicyclic amines) is 1. The minimum atomic E-state index is -0.976. The standard InChI is InChI=1S/C22H24N2O4/c1-15-4-8-17(9-5-15)21(26)24-12-2-3-19(14-24)20(25)23-13-16-6-10-18(11-7-16)22(27)28/h4-11,19H,2-3,12-14H2,1H3,(H,23,25)(H,27,28). The molecule has 1 saturated heterocycles. The van der Waals surface area contributed by atoms with Gasteiger partial charge in [-0.1, -0.05) is 29.8 Å². The van der Waals surface area contributed by atoms with Crippen LogP contribution in [0.4, 0.5) is 0 Å². The van der Waals surface area contributed by atoms with Crippen LogP contribution < -0.4 is 5.32 Å². The Labute approximate surface area is 164 Å². The van der Waals surface area contributed by atoms with Gasteiger partial charge >= 0.3 is 5.97 Å². The monoisotopic (exact) mass is 380 g/mol. The van der Waals surface area contributed by atoms with Gasteiger partial charge in [-0.25, -0.2) is 4.79 Å². The Hall–Kier alpha value is -3.15. The maximum Gasteiger partial charge on any atom is 0.335 e. The smallest absolute Gasteiger partial charge is 0.335 e. The van der Waals surface area contributed by atoms with Crippen molar-refractivity contribution in [2.24, 2.45) is 5.92 Å². The number of nitrogens with zero attached hydrogens (tertiary/aromatic N) is 1. The summed E-state index contributed by atoms with van der Waals surface area (Å²) in [6, 6.07) is 13.9. The number of hydrogen-bond acceptors (Lipinski definition) is 3. The SMILES string of the molecule is Cc1ccc(C(=O)N2CCCC(C(=O)NCc3ccc(C(=O)O)cc3)C2)cc1. The summed E-state index contributed by atoms with van der Waals surface area (Å²) in [6.45, 7) is 3.38. The molecule has 1 aliphatic heterocycles. The van der Waals surface area contributed by atoms with E-state index in [2.05, 4.69) is 5.32 Å². The van der Waals surface area contributed by atoms with Crippen molar-refractivity contribution in [1.29, 1.82) is 0 Å². The second-order valence-corrected chi connectivity index (χ2v) is 7.18. The van der Waals surface area contributed by atoms with E-state index in [1.54, 1.807) is 17.0 Å². The molecule has 6 heteroatoms. The average molecular weight is 380 g/mol. The maximum absolute atomic E-state index is 12.7. The highest BCUT2D eigenvalue weighted by Crippen LogP contribution is 2.19. The Kier molecular flexibility index (Phi) is 6.09. The predicted octanol–water partition coefficient (Wildman–Crippen LogP) is 2.86. The number of rotatable bonds is 5. The van der Waals surface area contributed by atoms with E-state index >= 15 is 0 Å². The summed E-state index contributed by atoms with van der Waals surface area (Å²) < 4.78 is 0. The summed E-state index contributed by atoms with van der Waals surface area (Å²) in [7, 11) is 0. The molecule has 6 nitrogen and oxygen atoms in total. The first-order valence-corrected chi connectivity index (χ1v) is 9.40. The molecule has 0 aliphatic carbocycles. The van der Waals surface area contributed by atoms with Crippen LogP contribution in [0.1, 0.15) is 44.7 Å². The second kappa shape index (κ2) is 8.69. The zero-order valence-electron chi connectivity index (χ0n) is 15.9. The number of carboxylic acids is 1. The van der Waals surface area contributed by atoms with E-state index in [4.69, 9.17) is 5.11 Å². The third-order valence-electron chi connectivity index (χ3n) is 5.05. The van der Waals surface area contributed by atoms with E-state index in [1.807, 2.05) is 31.2 Å². The number of aryl methyl sites for hydroxylation is 1. The summed E-state index contributed by atoms with van der Waals surface area (Å²) in [5, 5.41) is 11.8. The van der Waals surface area contributed by atoms with E-state index in [9.17, 15) is 14.4 Å². The van der Waals surface area contributed by atoms with Gasteiger partial charge in [-0.15, -0.1) is 0 Å². The number of carbonyl (C=O) groups is 3. The second-order valence-electron chi connectivity index (χ2n) is 7.18. The van der Waals surface area contributed by atoms with E-state index in [0.717, 1.165) is 24.0 Å². The van der Waals surface area contributed by atoms with Gasteiger partial charge in [-0.05, 0) is 49.6 Å². The van der Waals surface area contributed by atoms with Crippen LogP contribution in [0.3, 0.4) is 0 Å². The van der Waals surface area contributed by atoms with E-state index in [-0.39, 0.29) is 23.3 Å². The Morgan fingerprint density at radius 2 is 1.68 bits per heavy atom. The molecule has 0 saturated carbocycles. The highest BCUT2D eigenvalue weighted by atomic mass is 16.4. The Morgan fingerprint density at radius 1 is 1.04 bits per heavy atom. The molecule has 2 amide bonds. The third kappa shape index (κ3) is 4.76. The van der Waals surface area contributed by atoms with E-state index < -0.39 is 5.97 Å². The van der Waals surface area contributed by atoms with Crippen molar-refractivity contribution in [3.63, 3.8) is 0 Å². The molecule has 1 fully saturated rings. The van der Waals surface area contributed by atoms with Gasteiger partial charge in [0.05, 0.1) is 11.5 Å². The van der Waals surface area contributed by atoms with Crippen molar-refractivity contribution < 1.29 is 19.5 Å². The number of hydrogen-bond donors (Lipinski definition) is 2. The lowest BCUT2D eigenvalue weighted by atomic mass is 9.96. The largest absolute Gasteiger partial charge is 0.478 e. The Balaban J connectivity index is 1.55. The molecular weight excluding hydrogens is 356 g/mol. The minimum absolute atomic E-state index is 0.0400. The Bertz CT molecular complexity index is 859. The van der Waals surface area contributed by atoms with Crippen LogP contribution in [0.2, 0.25) is 0 Å². The van der Waals surface area contributed by atoms with E-state index in [1.165, 1.54) is 12.1 Å². The first-order chi connectivity index (χ1) is 13.4. The number of carbonyl (C=O) groups excluding carboxylic acids is 2. The number of aromatic carboxylic acids is 1. The summed E-state index contributed by atoms with van der Waals surface area (Å²) in [4.78, 5) is 37.9. The highest BCUT2D eigenvalue weighted by molar-refractivity contribution is 5.94. The van der Waals surface area contributed by atoms with Gasteiger partial charge in [0.2, 0.25) is 5.91 Å². The maximum atomic E-state index is 12.7. The summed E-state index contributed by atoms with van der Waals surface area (Å²) in [5.41, 5.74) is 2.79. The average Bonchev–Trinajstić information content (AvgIpc) is 2.72. The molecule has 1 atom stereocenters. The van der Waals surface area contributed by atoms with Crippen molar-refractivity contribution in [3.05, 3.63) is 70.8 Å².